The van der Waals surface area contributed by atoms with Crippen molar-refractivity contribution in [3.05, 3.63) is 58.9 Å². The van der Waals surface area contributed by atoms with Crippen molar-refractivity contribution < 1.29 is 14.6 Å². The highest BCUT2D eigenvalue weighted by Gasteiger charge is 2.19. The summed E-state index contributed by atoms with van der Waals surface area (Å²) < 4.78 is 8.47. The van der Waals surface area contributed by atoms with E-state index in [2.05, 4.69) is 10.2 Å². The number of ether oxygens (including phenoxy) is 1. The van der Waals surface area contributed by atoms with Crippen LogP contribution in [0.1, 0.15) is 0 Å². The molecule has 2 aromatic carbocycles. The second kappa shape index (κ2) is 6.76. The average Bonchev–Trinajstić information content (AvgIpc) is 3.11. The molecule has 0 N–H and O–H groups in total. The third-order valence-corrected chi connectivity index (χ3v) is 4.94. The van der Waals surface area contributed by atoms with E-state index >= 15 is 0 Å². The molecule has 4 aromatic rings. The Morgan fingerprint density at radius 3 is 2.67 bits per heavy atom. The molecule has 0 aliphatic rings. The van der Waals surface area contributed by atoms with Gasteiger partial charge in [0.15, 0.2) is 5.16 Å². The molecule has 2 heterocycles. The summed E-state index contributed by atoms with van der Waals surface area (Å²) in [5.74, 6) is -0.713. The zero-order chi connectivity index (χ0) is 19.0. The lowest BCUT2D eigenvalue weighted by atomic mass is 10.2. The number of nitrogens with zero attached hydrogens (tertiary/aromatic N) is 4. The van der Waals surface area contributed by atoms with E-state index < -0.39 is 5.97 Å². The Morgan fingerprint density at radius 2 is 1.89 bits per heavy atom. The van der Waals surface area contributed by atoms with Gasteiger partial charge in [-0.05, 0) is 24.3 Å². The maximum atomic E-state index is 13.2. The predicted molar refractivity (Wildman–Crippen MR) is 98.4 cm³/mol. The number of carbonyl (C=O) groups excluding carboxylic acids is 1. The molecule has 0 atom stereocenters. The van der Waals surface area contributed by atoms with Gasteiger partial charge in [0.25, 0.3) is 5.56 Å². The molecule has 8 nitrogen and oxygen atoms in total. The third-order valence-electron chi connectivity index (χ3n) is 4.04. The fraction of sp³-hybridized carbons (Fsp3) is 0.111. The van der Waals surface area contributed by atoms with Crippen LogP contribution in [0.3, 0.4) is 0 Å². The minimum atomic E-state index is -1.21. The number of carbonyl (C=O) groups is 1. The van der Waals surface area contributed by atoms with Crippen molar-refractivity contribution in [3.8, 4) is 11.4 Å². The van der Waals surface area contributed by atoms with E-state index in [0.717, 1.165) is 11.8 Å². The molecular weight excluding hydrogens is 368 g/mol. The predicted octanol–water partition coefficient (Wildman–Crippen LogP) is 0.884. The number of rotatable bonds is 5. The van der Waals surface area contributed by atoms with E-state index in [1.165, 1.54) is 11.7 Å². The number of hydrogen-bond acceptors (Lipinski definition) is 7. The molecule has 0 aliphatic heterocycles. The van der Waals surface area contributed by atoms with E-state index in [-0.39, 0.29) is 17.1 Å². The van der Waals surface area contributed by atoms with E-state index in [0.29, 0.717) is 27.5 Å². The van der Waals surface area contributed by atoms with Gasteiger partial charge in [0.1, 0.15) is 5.75 Å². The van der Waals surface area contributed by atoms with Gasteiger partial charge < -0.3 is 14.6 Å². The molecule has 136 valence electrons. The number of methoxy groups -OCH3 is 1. The molecule has 0 spiro atoms. The summed E-state index contributed by atoms with van der Waals surface area (Å²) in [4.78, 5) is 24.1. The van der Waals surface area contributed by atoms with Gasteiger partial charge in [0.05, 0.1) is 29.7 Å². The Kier molecular flexibility index (Phi) is 4.28. The largest absolute Gasteiger partial charge is 0.549 e. The highest BCUT2D eigenvalue weighted by Crippen LogP contribution is 2.26. The maximum absolute atomic E-state index is 13.2. The molecule has 0 bridgehead atoms. The van der Waals surface area contributed by atoms with Crippen LogP contribution in [0.5, 0.6) is 5.75 Å². The van der Waals surface area contributed by atoms with Gasteiger partial charge in [-0.1, -0.05) is 36.0 Å². The molecular formula is C18H13N4O4S-. The van der Waals surface area contributed by atoms with Crippen molar-refractivity contribution in [2.75, 3.05) is 12.9 Å². The number of aromatic nitrogens is 4. The summed E-state index contributed by atoms with van der Waals surface area (Å²) in [5, 5.41) is 19.9. The average molecular weight is 381 g/mol. The first-order valence-electron chi connectivity index (χ1n) is 7.96. The summed E-state index contributed by atoms with van der Waals surface area (Å²) >= 11 is 0.980. The van der Waals surface area contributed by atoms with Gasteiger partial charge in [0, 0.05) is 5.75 Å². The zero-order valence-electron chi connectivity index (χ0n) is 14.2. The lowest BCUT2D eigenvalue weighted by Gasteiger charge is -2.13. The zero-order valence-corrected chi connectivity index (χ0v) is 15.0. The van der Waals surface area contributed by atoms with Crippen LogP contribution in [-0.4, -0.2) is 38.0 Å². The normalized spacial score (nSPS) is 11.1. The monoisotopic (exact) mass is 381 g/mol. The molecule has 0 unspecified atom stereocenters. The second-order valence-corrected chi connectivity index (χ2v) is 6.55. The van der Waals surface area contributed by atoms with Crippen molar-refractivity contribution >= 4 is 34.4 Å². The molecule has 0 aliphatic carbocycles. The first-order valence-corrected chi connectivity index (χ1v) is 8.95. The molecule has 2 aromatic heterocycles. The lowest BCUT2D eigenvalue weighted by Crippen LogP contribution is -2.24. The highest BCUT2D eigenvalue weighted by molar-refractivity contribution is 7.99. The maximum Gasteiger partial charge on any atom is 0.267 e. The molecule has 9 heteroatoms. The molecule has 0 saturated carbocycles. The number of carboxylic acid groups (broad SMARTS) is 1. The Bertz CT molecular complexity index is 1230. The summed E-state index contributed by atoms with van der Waals surface area (Å²) in [6, 6.07) is 14.1. The highest BCUT2D eigenvalue weighted by atomic mass is 32.2. The van der Waals surface area contributed by atoms with Crippen LogP contribution in [0.15, 0.2) is 58.5 Å². The quantitative estimate of drug-likeness (QED) is 0.473. The summed E-state index contributed by atoms with van der Waals surface area (Å²) in [7, 11) is 1.52. The fourth-order valence-electron chi connectivity index (χ4n) is 2.93. The summed E-state index contributed by atoms with van der Waals surface area (Å²) in [6.45, 7) is 0. The van der Waals surface area contributed by atoms with Gasteiger partial charge >= 0.3 is 0 Å². The van der Waals surface area contributed by atoms with Crippen LogP contribution in [0.25, 0.3) is 22.4 Å². The number of hydrogen-bond donors (Lipinski definition) is 0. The van der Waals surface area contributed by atoms with Crippen molar-refractivity contribution in [1.29, 1.82) is 0 Å². The van der Waals surface area contributed by atoms with Crippen LogP contribution < -0.4 is 15.4 Å². The van der Waals surface area contributed by atoms with E-state index in [1.807, 2.05) is 0 Å². The van der Waals surface area contributed by atoms with Gasteiger partial charge in [0.2, 0.25) is 5.78 Å². The standard InChI is InChI=1S/C18H14N4O4S/c1-26-14-9-5-4-8-13(14)21-16(25)11-6-2-3-7-12(11)22-17(21)19-20-18(22)27-10-15(23)24/h2-9H,10H2,1H3,(H,23,24)/p-1. The van der Waals surface area contributed by atoms with Crippen LogP contribution in [0.4, 0.5) is 0 Å². The van der Waals surface area contributed by atoms with Gasteiger partial charge in [-0.25, -0.2) is 4.57 Å². The van der Waals surface area contributed by atoms with Gasteiger partial charge in [-0.3, -0.25) is 9.20 Å². The first kappa shape index (κ1) is 17.1. The SMILES string of the molecule is COc1ccccc1-n1c(=O)c2ccccc2n2c(SCC(=O)[O-])nnc12. The van der Waals surface area contributed by atoms with Crippen molar-refractivity contribution in [2.45, 2.75) is 5.16 Å². The molecule has 27 heavy (non-hydrogen) atoms. The summed E-state index contributed by atoms with van der Waals surface area (Å²) in [6.07, 6.45) is 0. The Hall–Kier alpha value is -3.33. The lowest BCUT2D eigenvalue weighted by molar-refractivity contribution is -0.301. The fourth-order valence-corrected chi connectivity index (χ4v) is 3.58. The number of thioether (sulfide) groups is 1. The Labute approximate surface area is 157 Å². The number of fused-ring (bicyclic) bond motifs is 3. The minimum absolute atomic E-state index is 0.268. The molecule has 0 radical (unpaired) electrons. The van der Waals surface area contributed by atoms with Crippen molar-refractivity contribution in [2.24, 2.45) is 0 Å². The molecule has 0 fully saturated rings. The Morgan fingerprint density at radius 1 is 1.15 bits per heavy atom. The van der Waals surface area contributed by atoms with Crippen LogP contribution in [0, 0.1) is 0 Å². The number of carboxylic acids is 1. The molecule has 0 saturated heterocycles. The van der Waals surface area contributed by atoms with Crippen LogP contribution in [0.2, 0.25) is 0 Å². The molecule has 4 rings (SSSR count). The molecule has 0 amide bonds. The van der Waals surface area contributed by atoms with Crippen LogP contribution in [-0.2, 0) is 4.79 Å². The van der Waals surface area contributed by atoms with Crippen molar-refractivity contribution in [1.82, 2.24) is 19.2 Å². The summed E-state index contributed by atoms with van der Waals surface area (Å²) in [5.41, 5.74) is 0.838. The topological polar surface area (TPSA) is 102 Å². The number of benzene rings is 2. The third kappa shape index (κ3) is 2.81. The second-order valence-electron chi connectivity index (χ2n) is 5.61. The Balaban J connectivity index is 2.11. The van der Waals surface area contributed by atoms with Gasteiger partial charge in [-0.2, -0.15) is 0 Å². The number of para-hydroxylation sites is 3. The minimum Gasteiger partial charge on any atom is -0.549 e. The smallest absolute Gasteiger partial charge is 0.267 e. The number of aliphatic carboxylic acids is 1. The first-order chi connectivity index (χ1) is 13.1. The van der Waals surface area contributed by atoms with E-state index in [9.17, 15) is 14.7 Å². The van der Waals surface area contributed by atoms with Crippen LogP contribution >= 0.6 is 11.8 Å². The van der Waals surface area contributed by atoms with E-state index in [1.54, 1.807) is 52.9 Å². The van der Waals surface area contributed by atoms with Gasteiger partial charge in [-0.15, -0.1) is 10.2 Å². The van der Waals surface area contributed by atoms with Crippen molar-refractivity contribution in [3.63, 3.8) is 0 Å². The van der Waals surface area contributed by atoms with E-state index in [4.69, 9.17) is 4.74 Å².